The number of primary amides is 1. The summed E-state index contributed by atoms with van der Waals surface area (Å²) in [6.45, 7) is 1.72. The van der Waals surface area contributed by atoms with E-state index in [4.69, 9.17) is 23.1 Å². The van der Waals surface area contributed by atoms with E-state index in [1.54, 1.807) is 61.5 Å². The number of carbonyl (C=O) groups excluding carboxylic acids is 3. The van der Waals surface area contributed by atoms with Gasteiger partial charge in [-0.05, 0) is 65.9 Å². The van der Waals surface area contributed by atoms with Crippen LogP contribution in [0, 0.1) is 12.7 Å². The average molecular weight is 579 g/mol. The number of nitrogens with zero attached hydrogens (tertiary/aromatic N) is 1. The molecule has 0 aliphatic heterocycles. The number of nitrogens with two attached hydrogens (primary N) is 2. The lowest BCUT2D eigenvalue weighted by molar-refractivity contribution is -0.140. The zero-order valence-corrected chi connectivity index (χ0v) is 23.4. The number of amides is 3. The minimum atomic E-state index is -1.28. The van der Waals surface area contributed by atoms with Crippen molar-refractivity contribution in [2.45, 2.75) is 43.3 Å². The maximum Gasteiger partial charge on any atom is 0.249 e. The first kappa shape index (κ1) is 29.8. The van der Waals surface area contributed by atoms with Crippen molar-refractivity contribution in [1.29, 1.82) is 0 Å². The third kappa shape index (κ3) is 6.93. The van der Waals surface area contributed by atoms with Crippen LogP contribution in [0.15, 0.2) is 72.8 Å². The molecule has 3 aromatic carbocycles. The number of phenols is 1. The van der Waals surface area contributed by atoms with E-state index in [-0.39, 0.29) is 18.1 Å². The number of nitrogens with one attached hydrogen (secondary N) is 1. The molecule has 0 bridgehead atoms. The zero-order chi connectivity index (χ0) is 29.9. The third-order valence-electron chi connectivity index (χ3n) is 7.44. The van der Waals surface area contributed by atoms with Gasteiger partial charge in [-0.15, -0.1) is 0 Å². The fourth-order valence-electron chi connectivity index (χ4n) is 4.76. The van der Waals surface area contributed by atoms with Gasteiger partial charge in [-0.1, -0.05) is 60.2 Å². The summed E-state index contributed by atoms with van der Waals surface area (Å²) >= 11 is 5.98. The fraction of sp³-hybridized carbons (Fsp3) is 0.258. The van der Waals surface area contributed by atoms with E-state index in [0.29, 0.717) is 22.6 Å². The van der Waals surface area contributed by atoms with Crippen LogP contribution in [0.5, 0.6) is 5.75 Å². The summed E-state index contributed by atoms with van der Waals surface area (Å²) in [4.78, 5) is 40.8. The van der Waals surface area contributed by atoms with E-state index in [0.717, 1.165) is 11.1 Å². The van der Waals surface area contributed by atoms with Gasteiger partial charge in [0.25, 0.3) is 0 Å². The number of benzene rings is 3. The van der Waals surface area contributed by atoms with Gasteiger partial charge in [0.1, 0.15) is 29.2 Å². The van der Waals surface area contributed by atoms with E-state index >= 15 is 0 Å². The standard InChI is InChI=1S/C31H32ClFN4O4/c1-18-15-20(6-14-27(18)38)16-26(28(34)39)37(2)29(40)25(13-5-19-3-9-22(32)10-4-19)36-30(41)31(35)17-24(31)21-7-11-23(33)12-8-21/h3-15,24-26,38H,16-17,35H2,1-2H3,(H2,34,39)(H,36,41)/b13-5+/t24?,25?,26-,31?/m0/s1. The summed E-state index contributed by atoms with van der Waals surface area (Å²) < 4.78 is 13.4. The van der Waals surface area contributed by atoms with E-state index in [1.807, 2.05) is 0 Å². The Morgan fingerprint density at radius 1 is 1.15 bits per heavy atom. The number of hydrogen-bond acceptors (Lipinski definition) is 5. The topological polar surface area (TPSA) is 139 Å². The highest BCUT2D eigenvalue weighted by atomic mass is 35.5. The van der Waals surface area contributed by atoms with Gasteiger partial charge in [-0.25, -0.2) is 4.39 Å². The van der Waals surface area contributed by atoms with Gasteiger partial charge in [0.2, 0.25) is 17.7 Å². The molecule has 8 nitrogen and oxygen atoms in total. The summed E-state index contributed by atoms with van der Waals surface area (Å²) in [5, 5.41) is 13.1. The van der Waals surface area contributed by atoms with Crippen LogP contribution in [-0.4, -0.2) is 52.4 Å². The van der Waals surface area contributed by atoms with Crippen LogP contribution in [0.2, 0.25) is 5.02 Å². The number of halogens is 2. The van der Waals surface area contributed by atoms with Crippen LogP contribution in [0.3, 0.4) is 0 Å². The molecule has 4 atom stereocenters. The number of likely N-dealkylation sites (N-methyl/N-ethyl adjacent to an activating group) is 1. The molecule has 0 heterocycles. The molecule has 1 aliphatic rings. The van der Waals surface area contributed by atoms with Crippen molar-refractivity contribution < 1.29 is 23.9 Å². The second-order valence-electron chi connectivity index (χ2n) is 10.4. The second kappa shape index (κ2) is 12.1. The third-order valence-corrected chi connectivity index (χ3v) is 7.69. The number of rotatable bonds is 10. The van der Waals surface area contributed by atoms with E-state index in [2.05, 4.69) is 5.32 Å². The number of phenolic OH excluding ortho intramolecular Hbond substituents is 1. The van der Waals surface area contributed by atoms with Crippen molar-refractivity contribution in [2.24, 2.45) is 11.5 Å². The zero-order valence-electron chi connectivity index (χ0n) is 22.7. The van der Waals surface area contributed by atoms with Gasteiger partial charge in [0.15, 0.2) is 0 Å². The lowest BCUT2D eigenvalue weighted by atomic mass is 10.0. The molecule has 3 amide bonds. The van der Waals surface area contributed by atoms with Crippen LogP contribution in [0.1, 0.15) is 34.6 Å². The summed E-state index contributed by atoms with van der Waals surface area (Å²) in [6.07, 6.45) is 3.60. The van der Waals surface area contributed by atoms with Crippen LogP contribution in [-0.2, 0) is 20.8 Å². The van der Waals surface area contributed by atoms with E-state index in [9.17, 15) is 23.9 Å². The molecule has 41 heavy (non-hydrogen) atoms. The molecule has 10 heteroatoms. The summed E-state index contributed by atoms with van der Waals surface area (Å²) in [6, 6.07) is 15.3. The van der Waals surface area contributed by atoms with Gasteiger partial charge < -0.3 is 26.8 Å². The minimum absolute atomic E-state index is 0.105. The van der Waals surface area contributed by atoms with Crippen molar-refractivity contribution >= 4 is 35.4 Å². The van der Waals surface area contributed by atoms with Crippen LogP contribution >= 0.6 is 11.6 Å². The van der Waals surface area contributed by atoms with Crippen molar-refractivity contribution in [3.63, 3.8) is 0 Å². The highest BCUT2D eigenvalue weighted by Gasteiger charge is 2.58. The van der Waals surface area contributed by atoms with Crippen LogP contribution in [0.25, 0.3) is 6.08 Å². The van der Waals surface area contributed by atoms with Crippen molar-refractivity contribution in [3.8, 4) is 5.75 Å². The van der Waals surface area contributed by atoms with Crippen molar-refractivity contribution in [3.05, 3.63) is 106 Å². The Bertz CT molecular complexity index is 1480. The first-order valence-corrected chi connectivity index (χ1v) is 13.4. The number of aryl methyl sites for hydroxylation is 1. The molecule has 1 aliphatic carbocycles. The summed E-state index contributed by atoms with van der Waals surface area (Å²) in [5.74, 6) is -2.48. The molecule has 1 saturated carbocycles. The summed E-state index contributed by atoms with van der Waals surface area (Å²) in [7, 11) is 1.44. The van der Waals surface area contributed by atoms with Crippen molar-refractivity contribution in [1.82, 2.24) is 10.2 Å². The Hall–Kier alpha value is -4.21. The van der Waals surface area contributed by atoms with Gasteiger partial charge in [-0.3, -0.25) is 14.4 Å². The largest absolute Gasteiger partial charge is 0.508 e. The Morgan fingerprint density at radius 3 is 2.41 bits per heavy atom. The SMILES string of the molecule is Cc1cc(C[C@@H](C(N)=O)N(C)C(=O)C(/C=C/c2ccc(Cl)cc2)NC(=O)C2(N)CC2c2ccc(F)cc2)ccc1O. The molecule has 0 radical (unpaired) electrons. The Morgan fingerprint density at radius 2 is 1.80 bits per heavy atom. The molecule has 0 spiro atoms. The maximum absolute atomic E-state index is 13.8. The molecule has 1 fully saturated rings. The molecule has 6 N–H and O–H groups in total. The monoisotopic (exact) mass is 578 g/mol. The van der Waals surface area contributed by atoms with Crippen molar-refractivity contribution in [2.75, 3.05) is 7.05 Å². The highest BCUT2D eigenvalue weighted by Crippen LogP contribution is 2.49. The normalized spacial score (nSPS) is 19.4. The van der Waals surface area contributed by atoms with E-state index < -0.39 is 41.2 Å². The number of carbonyl (C=O) groups is 3. The van der Waals surface area contributed by atoms with Crippen LogP contribution < -0.4 is 16.8 Å². The maximum atomic E-state index is 13.8. The number of hydrogen-bond donors (Lipinski definition) is 4. The molecule has 0 saturated heterocycles. The Kier molecular flexibility index (Phi) is 8.80. The van der Waals surface area contributed by atoms with Gasteiger partial charge in [0, 0.05) is 24.4 Å². The second-order valence-corrected chi connectivity index (χ2v) is 10.8. The fourth-order valence-corrected chi connectivity index (χ4v) is 4.88. The smallest absolute Gasteiger partial charge is 0.249 e. The predicted molar refractivity (Wildman–Crippen MR) is 155 cm³/mol. The first-order chi connectivity index (χ1) is 19.4. The Labute approximate surface area is 242 Å². The molecular formula is C31H32ClFN4O4. The van der Waals surface area contributed by atoms with E-state index in [1.165, 1.54) is 36.2 Å². The molecule has 4 rings (SSSR count). The molecule has 3 aromatic rings. The Balaban J connectivity index is 1.57. The van der Waals surface area contributed by atoms with Gasteiger partial charge >= 0.3 is 0 Å². The van der Waals surface area contributed by atoms with Gasteiger partial charge in [-0.2, -0.15) is 0 Å². The molecular weight excluding hydrogens is 547 g/mol. The lowest BCUT2D eigenvalue weighted by Crippen LogP contribution is -2.56. The number of aromatic hydroxyl groups is 1. The predicted octanol–water partition coefficient (Wildman–Crippen LogP) is 3.43. The quantitative estimate of drug-likeness (QED) is 0.292. The molecule has 0 aromatic heterocycles. The highest BCUT2D eigenvalue weighted by molar-refractivity contribution is 6.30. The molecule has 214 valence electrons. The molecule has 3 unspecified atom stereocenters. The van der Waals surface area contributed by atoms with Gasteiger partial charge in [0.05, 0.1) is 0 Å². The first-order valence-electron chi connectivity index (χ1n) is 13.0. The van der Waals surface area contributed by atoms with Crippen LogP contribution in [0.4, 0.5) is 4.39 Å². The average Bonchev–Trinajstić information content (AvgIpc) is 3.64. The minimum Gasteiger partial charge on any atom is -0.508 e. The summed E-state index contributed by atoms with van der Waals surface area (Å²) in [5.41, 5.74) is 13.6. The lowest BCUT2D eigenvalue weighted by Gasteiger charge is -2.29.